The Hall–Kier alpha value is -2.98. The van der Waals surface area contributed by atoms with E-state index in [1.807, 2.05) is 7.05 Å². The number of benzene rings is 2. The lowest BCUT2D eigenvalue weighted by atomic mass is 9.75. The first-order valence-electron chi connectivity index (χ1n) is 11.7. The van der Waals surface area contributed by atoms with Gasteiger partial charge in [-0.25, -0.2) is 0 Å². The predicted molar refractivity (Wildman–Crippen MR) is 136 cm³/mol. The maximum Gasteiger partial charge on any atom is 0.223 e. The molecule has 2 unspecified atom stereocenters. The summed E-state index contributed by atoms with van der Waals surface area (Å²) >= 11 is 0. The molecule has 0 saturated heterocycles. The van der Waals surface area contributed by atoms with Crippen LogP contribution >= 0.6 is 0 Å². The lowest BCUT2D eigenvalue weighted by molar-refractivity contribution is -0.712. The highest BCUT2D eigenvalue weighted by atomic mass is 16.5. The van der Waals surface area contributed by atoms with Crippen LogP contribution in [-0.4, -0.2) is 31.6 Å². The second kappa shape index (κ2) is 8.75. The molecule has 0 fully saturated rings. The number of aliphatic hydroxyl groups excluding tert-OH is 1. The molecule has 2 aromatic carbocycles. The summed E-state index contributed by atoms with van der Waals surface area (Å²) in [5.74, 6) is 0.0841. The number of fused-ring (bicyclic) bond motifs is 5. The Bertz CT molecular complexity index is 1250. The zero-order valence-electron chi connectivity index (χ0n) is 20.6. The Balaban J connectivity index is 2.16. The fraction of sp³-hybridized carbons (Fsp3) is 0.379. The topological polar surface area (TPSA) is 45.7 Å². The van der Waals surface area contributed by atoms with Gasteiger partial charge < -0.3 is 9.84 Å². The molecule has 3 aromatic rings. The Labute approximate surface area is 197 Å². The van der Waals surface area contributed by atoms with Crippen molar-refractivity contribution in [2.24, 2.45) is 4.99 Å². The Morgan fingerprint density at radius 3 is 2.42 bits per heavy atom. The van der Waals surface area contributed by atoms with Crippen molar-refractivity contribution in [2.75, 3.05) is 20.8 Å². The molecule has 4 rings (SSSR count). The van der Waals surface area contributed by atoms with Crippen LogP contribution in [0, 0.1) is 0 Å². The van der Waals surface area contributed by atoms with E-state index in [4.69, 9.17) is 4.74 Å². The monoisotopic (exact) mass is 443 g/mol. The van der Waals surface area contributed by atoms with E-state index in [1.54, 1.807) is 7.11 Å². The SMILES string of the molecule is C=C(O)C1C(COC)c2c(cc(C(C)(C)C)c3ccccc23)-c2cc(C(CC)=NC)cc[n+]21. The van der Waals surface area contributed by atoms with Gasteiger partial charge in [-0.3, -0.25) is 4.99 Å². The Kier molecular flexibility index (Phi) is 6.15. The van der Waals surface area contributed by atoms with Gasteiger partial charge in [0.15, 0.2) is 12.0 Å². The van der Waals surface area contributed by atoms with Crippen LogP contribution in [0.15, 0.2) is 66.0 Å². The van der Waals surface area contributed by atoms with Gasteiger partial charge in [0.05, 0.1) is 18.1 Å². The van der Waals surface area contributed by atoms with E-state index < -0.39 is 0 Å². The molecule has 1 aromatic heterocycles. The van der Waals surface area contributed by atoms with E-state index in [1.165, 1.54) is 27.5 Å². The van der Waals surface area contributed by atoms with Gasteiger partial charge in [0.25, 0.3) is 0 Å². The maximum atomic E-state index is 10.8. The number of pyridine rings is 1. The molecule has 0 amide bonds. The summed E-state index contributed by atoms with van der Waals surface area (Å²) in [5.41, 5.74) is 6.93. The molecule has 1 N–H and O–H groups in total. The second-order valence-electron chi connectivity index (χ2n) is 9.91. The van der Waals surface area contributed by atoms with Crippen molar-refractivity contribution in [1.29, 1.82) is 0 Å². The molecule has 0 spiro atoms. The van der Waals surface area contributed by atoms with Gasteiger partial charge in [0, 0.05) is 37.6 Å². The highest BCUT2D eigenvalue weighted by molar-refractivity contribution is 6.01. The number of ether oxygens (including phenoxy) is 1. The minimum absolute atomic E-state index is 0.0231. The molecule has 172 valence electrons. The number of aliphatic hydroxyl groups is 1. The molecule has 33 heavy (non-hydrogen) atoms. The normalized spacial score (nSPS) is 18.2. The van der Waals surface area contributed by atoms with E-state index in [2.05, 4.69) is 92.5 Å². The molecule has 0 radical (unpaired) electrons. The summed E-state index contributed by atoms with van der Waals surface area (Å²) in [6, 6.07) is 15.0. The van der Waals surface area contributed by atoms with Crippen LogP contribution in [0.5, 0.6) is 0 Å². The van der Waals surface area contributed by atoms with Gasteiger partial charge in [0.2, 0.25) is 11.7 Å². The molecule has 1 aliphatic rings. The summed E-state index contributed by atoms with van der Waals surface area (Å²) in [6.07, 6.45) is 2.93. The average Bonchev–Trinajstić information content (AvgIpc) is 2.78. The van der Waals surface area contributed by atoms with Gasteiger partial charge in [-0.2, -0.15) is 4.57 Å². The van der Waals surface area contributed by atoms with E-state index in [0.717, 1.165) is 23.4 Å². The number of aliphatic imine (C=N–C) groups is 1. The van der Waals surface area contributed by atoms with Crippen LogP contribution in [-0.2, 0) is 10.2 Å². The van der Waals surface area contributed by atoms with E-state index in [-0.39, 0.29) is 23.1 Å². The summed E-state index contributed by atoms with van der Waals surface area (Å²) in [6.45, 7) is 13.4. The molecule has 2 atom stereocenters. The highest BCUT2D eigenvalue weighted by Gasteiger charge is 2.44. The number of methoxy groups -OCH3 is 1. The van der Waals surface area contributed by atoms with Crippen molar-refractivity contribution < 1.29 is 14.4 Å². The fourth-order valence-electron chi connectivity index (χ4n) is 5.37. The minimum atomic E-state index is -0.311. The van der Waals surface area contributed by atoms with Gasteiger partial charge in [-0.15, -0.1) is 0 Å². The number of allylic oxidation sites excluding steroid dienone is 1. The van der Waals surface area contributed by atoms with Crippen molar-refractivity contribution in [3.8, 4) is 11.3 Å². The quantitative estimate of drug-likeness (QED) is 0.287. The van der Waals surface area contributed by atoms with Gasteiger partial charge in [0.1, 0.15) is 0 Å². The molecule has 4 heteroatoms. The summed E-state index contributed by atoms with van der Waals surface area (Å²) in [7, 11) is 3.56. The van der Waals surface area contributed by atoms with E-state index >= 15 is 0 Å². The standard InChI is InChI=1S/C29H34N2O2/c1-8-25(30-6)19-13-14-31-26(15-19)22-16-24(29(3,4)5)20-11-9-10-12-21(20)27(22)23(17-33-7)28(31)18(2)32/h9-16,23,28H,2,8,17H2,1,3-7H3/p+1. The third kappa shape index (κ3) is 3.87. The lowest BCUT2D eigenvalue weighted by Crippen LogP contribution is -2.49. The summed E-state index contributed by atoms with van der Waals surface area (Å²) in [4.78, 5) is 4.51. The van der Waals surface area contributed by atoms with Crippen molar-refractivity contribution >= 4 is 16.5 Å². The molecule has 0 saturated carbocycles. The number of rotatable bonds is 5. The molecule has 2 heterocycles. The van der Waals surface area contributed by atoms with Crippen LogP contribution in [0.4, 0.5) is 0 Å². The molecule has 0 aliphatic carbocycles. The number of aromatic nitrogens is 1. The van der Waals surface area contributed by atoms with E-state index in [0.29, 0.717) is 6.61 Å². The average molecular weight is 444 g/mol. The van der Waals surface area contributed by atoms with E-state index in [9.17, 15) is 5.11 Å². The third-order valence-corrected chi connectivity index (χ3v) is 6.83. The van der Waals surface area contributed by atoms with Gasteiger partial charge >= 0.3 is 0 Å². The molecule has 4 nitrogen and oxygen atoms in total. The number of hydrogen-bond donors (Lipinski definition) is 1. The van der Waals surface area contributed by atoms with Crippen molar-refractivity contribution in [1.82, 2.24) is 0 Å². The van der Waals surface area contributed by atoms with Crippen LogP contribution in [0.25, 0.3) is 22.0 Å². The van der Waals surface area contributed by atoms with Crippen LogP contribution in [0.2, 0.25) is 0 Å². The summed E-state index contributed by atoms with van der Waals surface area (Å²) in [5, 5.41) is 13.2. The number of hydrogen-bond acceptors (Lipinski definition) is 3. The zero-order chi connectivity index (χ0) is 23.9. The minimum Gasteiger partial charge on any atom is -0.506 e. The molecule has 0 bridgehead atoms. The first-order chi connectivity index (χ1) is 15.7. The molecular formula is C29H35N2O2+. The fourth-order valence-corrected chi connectivity index (χ4v) is 5.37. The van der Waals surface area contributed by atoms with Gasteiger partial charge in [-0.1, -0.05) is 58.5 Å². The zero-order valence-corrected chi connectivity index (χ0v) is 20.6. The highest BCUT2D eigenvalue weighted by Crippen LogP contribution is 2.46. The Morgan fingerprint density at radius 2 is 1.85 bits per heavy atom. The number of nitrogens with zero attached hydrogens (tertiary/aromatic N) is 2. The van der Waals surface area contributed by atoms with Crippen molar-refractivity contribution in [3.63, 3.8) is 0 Å². The first-order valence-corrected chi connectivity index (χ1v) is 11.7. The van der Waals surface area contributed by atoms with Crippen LogP contribution in [0.1, 0.15) is 62.8 Å². The largest absolute Gasteiger partial charge is 0.506 e. The third-order valence-electron chi connectivity index (χ3n) is 6.83. The molecular weight excluding hydrogens is 408 g/mol. The summed E-state index contributed by atoms with van der Waals surface area (Å²) < 4.78 is 7.85. The maximum absolute atomic E-state index is 10.8. The predicted octanol–water partition coefficient (Wildman–Crippen LogP) is 6.28. The van der Waals surface area contributed by atoms with Crippen LogP contribution in [0.3, 0.4) is 0 Å². The molecule has 1 aliphatic heterocycles. The first kappa shape index (κ1) is 23.2. The van der Waals surface area contributed by atoms with Crippen molar-refractivity contribution in [3.05, 3.63) is 77.7 Å². The lowest BCUT2D eigenvalue weighted by Gasteiger charge is -2.33. The van der Waals surface area contributed by atoms with Crippen molar-refractivity contribution in [2.45, 2.75) is 51.5 Å². The van der Waals surface area contributed by atoms with Gasteiger partial charge in [-0.05, 0) is 39.8 Å². The second-order valence-corrected chi connectivity index (χ2v) is 9.91. The van der Waals surface area contributed by atoms with Crippen LogP contribution < -0.4 is 4.57 Å². The smallest absolute Gasteiger partial charge is 0.223 e. The Morgan fingerprint density at radius 1 is 1.15 bits per heavy atom.